The van der Waals surface area contributed by atoms with Crippen LogP contribution in [0.1, 0.15) is 27.0 Å². The van der Waals surface area contributed by atoms with E-state index in [9.17, 15) is 13.2 Å². The fraction of sp³-hybridized carbons (Fsp3) is 0.321. The maximum atomic E-state index is 12.9. The maximum absolute atomic E-state index is 12.9. The third-order valence-electron chi connectivity index (χ3n) is 6.42. The van der Waals surface area contributed by atoms with Gasteiger partial charge in [0, 0.05) is 66.4 Å². The second kappa shape index (κ2) is 13.3. The second-order valence-corrected chi connectivity index (χ2v) is 13.1. The molecule has 3 aromatic carbocycles. The highest BCUT2D eigenvalue weighted by atomic mass is 35.5. The number of halogens is 2. The van der Waals surface area contributed by atoms with E-state index in [1.807, 2.05) is 55.5 Å². The molecule has 0 bridgehead atoms. The van der Waals surface area contributed by atoms with E-state index in [0.717, 1.165) is 28.2 Å². The summed E-state index contributed by atoms with van der Waals surface area (Å²) in [6.07, 6.45) is 0. The molecule has 202 valence electrons. The van der Waals surface area contributed by atoms with Crippen molar-refractivity contribution in [3.63, 3.8) is 0 Å². The Labute approximate surface area is 239 Å². The first-order chi connectivity index (χ1) is 18.2. The first kappa shape index (κ1) is 28.9. The number of piperazine rings is 1. The number of thioether (sulfide) groups is 1. The highest BCUT2D eigenvalue weighted by Crippen LogP contribution is 2.24. The third-order valence-corrected chi connectivity index (χ3v) is 9.92. The number of carbonyl (C=O) groups is 1. The number of nitrogens with zero attached hydrogens (tertiary/aromatic N) is 2. The molecule has 0 atom stereocenters. The van der Waals surface area contributed by atoms with Crippen molar-refractivity contribution in [3.05, 3.63) is 99.0 Å². The van der Waals surface area contributed by atoms with E-state index in [-0.39, 0.29) is 5.91 Å². The van der Waals surface area contributed by atoms with Crippen molar-refractivity contribution in [2.45, 2.75) is 24.1 Å². The van der Waals surface area contributed by atoms with Crippen molar-refractivity contribution in [1.82, 2.24) is 14.5 Å². The topological polar surface area (TPSA) is 69.7 Å². The van der Waals surface area contributed by atoms with Crippen LogP contribution in [0.3, 0.4) is 0 Å². The molecule has 1 amide bonds. The highest BCUT2D eigenvalue weighted by molar-refractivity contribution is 7.98. The lowest BCUT2D eigenvalue weighted by Gasteiger charge is -2.34. The minimum absolute atomic E-state index is 0.100. The lowest BCUT2D eigenvalue weighted by atomic mass is 10.1. The molecule has 1 N–H and O–H groups in total. The normalized spacial score (nSPS) is 14.9. The van der Waals surface area contributed by atoms with E-state index in [0.29, 0.717) is 59.8 Å². The number of carbonyl (C=O) groups excluding carboxylic acids is 1. The Kier molecular flexibility index (Phi) is 10.1. The van der Waals surface area contributed by atoms with Crippen LogP contribution in [0.5, 0.6) is 0 Å². The number of hydrogen-bond donors (Lipinski definition) is 1. The van der Waals surface area contributed by atoms with Crippen molar-refractivity contribution in [1.29, 1.82) is 0 Å². The fourth-order valence-electron chi connectivity index (χ4n) is 4.17. The van der Waals surface area contributed by atoms with Crippen molar-refractivity contribution in [3.8, 4) is 0 Å². The maximum Gasteiger partial charge on any atom is 0.251 e. The van der Waals surface area contributed by atoms with E-state index < -0.39 is 10.0 Å². The molecule has 6 nitrogen and oxygen atoms in total. The van der Waals surface area contributed by atoms with E-state index in [1.165, 1.54) is 0 Å². The summed E-state index contributed by atoms with van der Waals surface area (Å²) in [4.78, 5) is 15.1. The fourth-order valence-corrected chi connectivity index (χ4v) is 7.01. The minimum atomic E-state index is -3.47. The minimum Gasteiger partial charge on any atom is -0.351 e. The zero-order chi connectivity index (χ0) is 27.1. The standard InChI is InChI=1S/C28H31Cl2N3O3S2/c1-21-2-10-26(11-3-21)38(35,36)33-15-13-32(14-16-33)19-22-4-6-23(7-5-22)28(34)31-12-17-37-20-24-8-9-25(29)18-27(24)30/h2-11,18H,12-17,19-20H2,1H3,(H,31,34). The Balaban J connectivity index is 1.18. The monoisotopic (exact) mass is 591 g/mol. The largest absolute Gasteiger partial charge is 0.351 e. The van der Waals surface area contributed by atoms with Gasteiger partial charge in [0.1, 0.15) is 0 Å². The Morgan fingerprint density at radius 2 is 1.63 bits per heavy atom. The zero-order valence-corrected chi connectivity index (χ0v) is 24.3. The molecule has 0 spiro atoms. The summed E-state index contributed by atoms with van der Waals surface area (Å²) in [6.45, 7) is 5.45. The molecule has 38 heavy (non-hydrogen) atoms. The summed E-state index contributed by atoms with van der Waals surface area (Å²) >= 11 is 13.8. The van der Waals surface area contributed by atoms with Gasteiger partial charge in [0.2, 0.25) is 10.0 Å². The average molecular weight is 593 g/mol. The molecule has 1 aliphatic heterocycles. The molecular formula is C28H31Cl2N3O3S2. The van der Waals surface area contributed by atoms with Gasteiger partial charge in [-0.1, -0.05) is 59.1 Å². The van der Waals surface area contributed by atoms with Crippen molar-refractivity contribution in [2.24, 2.45) is 0 Å². The molecule has 0 aliphatic carbocycles. The Hall–Kier alpha value is -2.07. The van der Waals surface area contributed by atoms with Gasteiger partial charge >= 0.3 is 0 Å². The molecule has 0 unspecified atom stereocenters. The van der Waals surface area contributed by atoms with Crippen LogP contribution in [0.2, 0.25) is 10.0 Å². The van der Waals surface area contributed by atoms with Gasteiger partial charge in [-0.2, -0.15) is 16.1 Å². The summed E-state index contributed by atoms with van der Waals surface area (Å²) in [6, 6.07) is 20.1. The van der Waals surface area contributed by atoms with Gasteiger partial charge in [-0.05, 0) is 54.4 Å². The first-order valence-corrected chi connectivity index (χ1v) is 15.8. The SMILES string of the molecule is Cc1ccc(S(=O)(=O)N2CCN(Cc3ccc(C(=O)NCCSCc4ccc(Cl)cc4Cl)cc3)CC2)cc1. The predicted molar refractivity (Wildman–Crippen MR) is 157 cm³/mol. The lowest BCUT2D eigenvalue weighted by Crippen LogP contribution is -2.48. The second-order valence-electron chi connectivity index (χ2n) is 9.23. The van der Waals surface area contributed by atoms with Crippen LogP contribution in [0, 0.1) is 6.92 Å². The Morgan fingerprint density at radius 3 is 2.29 bits per heavy atom. The quantitative estimate of drug-likeness (QED) is 0.316. The Bertz CT molecular complexity index is 1340. The first-order valence-electron chi connectivity index (χ1n) is 12.4. The van der Waals surface area contributed by atoms with Gasteiger partial charge in [-0.15, -0.1) is 0 Å². The summed E-state index contributed by atoms with van der Waals surface area (Å²) in [7, 11) is -3.47. The molecule has 10 heteroatoms. The van der Waals surface area contributed by atoms with Gasteiger partial charge in [-0.3, -0.25) is 9.69 Å². The van der Waals surface area contributed by atoms with Crippen LogP contribution in [-0.2, 0) is 22.3 Å². The third kappa shape index (κ3) is 7.74. The number of benzene rings is 3. The molecular weight excluding hydrogens is 561 g/mol. The molecule has 1 aliphatic rings. The molecule has 4 rings (SSSR count). The van der Waals surface area contributed by atoms with Crippen LogP contribution in [0.15, 0.2) is 71.6 Å². The van der Waals surface area contributed by atoms with Gasteiger partial charge in [0.15, 0.2) is 0 Å². The molecule has 3 aromatic rings. The summed E-state index contributed by atoms with van der Waals surface area (Å²) in [5.41, 5.74) is 3.77. The number of aryl methyl sites for hydroxylation is 1. The van der Waals surface area contributed by atoms with Crippen molar-refractivity contribution >= 4 is 50.9 Å². The van der Waals surface area contributed by atoms with Gasteiger partial charge < -0.3 is 5.32 Å². The van der Waals surface area contributed by atoms with Crippen molar-refractivity contribution < 1.29 is 13.2 Å². The van der Waals surface area contributed by atoms with E-state index >= 15 is 0 Å². The van der Waals surface area contributed by atoms with Crippen LogP contribution in [0.4, 0.5) is 0 Å². The van der Waals surface area contributed by atoms with E-state index in [1.54, 1.807) is 34.3 Å². The van der Waals surface area contributed by atoms with Gasteiger partial charge in [-0.25, -0.2) is 8.42 Å². The highest BCUT2D eigenvalue weighted by Gasteiger charge is 2.28. The number of sulfonamides is 1. The number of amides is 1. The summed E-state index contributed by atoms with van der Waals surface area (Å²) < 4.78 is 27.4. The smallest absolute Gasteiger partial charge is 0.251 e. The molecule has 1 heterocycles. The van der Waals surface area contributed by atoms with Gasteiger partial charge in [0.25, 0.3) is 5.91 Å². The lowest BCUT2D eigenvalue weighted by molar-refractivity contribution is 0.0956. The number of nitrogens with one attached hydrogen (secondary N) is 1. The molecule has 0 saturated carbocycles. The van der Waals surface area contributed by atoms with Crippen molar-refractivity contribution in [2.75, 3.05) is 38.5 Å². The van der Waals surface area contributed by atoms with Crippen LogP contribution < -0.4 is 5.32 Å². The predicted octanol–water partition coefficient (Wildman–Crippen LogP) is 5.47. The molecule has 1 fully saturated rings. The molecule has 0 radical (unpaired) electrons. The summed E-state index contributed by atoms with van der Waals surface area (Å²) in [5, 5.41) is 4.23. The molecule has 0 aromatic heterocycles. The average Bonchev–Trinajstić information content (AvgIpc) is 2.90. The van der Waals surface area contributed by atoms with Crippen LogP contribution in [-0.4, -0.2) is 62.0 Å². The number of rotatable bonds is 10. The number of hydrogen-bond acceptors (Lipinski definition) is 5. The van der Waals surface area contributed by atoms with Crippen LogP contribution in [0.25, 0.3) is 0 Å². The molecule has 1 saturated heterocycles. The summed E-state index contributed by atoms with van der Waals surface area (Å²) in [5.74, 6) is 1.43. The van der Waals surface area contributed by atoms with Crippen LogP contribution >= 0.6 is 35.0 Å². The van der Waals surface area contributed by atoms with Gasteiger partial charge in [0.05, 0.1) is 4.90 Å². The zero-order valence-electron chi connectivity index (χ0n) is 21.2. The van der Waals surface area contributed by atoms with E-state index in [4.69, 9.17) is 23.2 Å². The van der Waals surface area contributed by atoms with E-state index in [2.05, 4.69) is 10.2 Å². The Morgan fingerprint density at radius 1 is 0.947 bits per heavy atom.